The highest BCUT2D eigenvalue weighted by atomic mass is 16.6. The zero-order valence-electron chi connectivity index (χ0n) is 12.5. The van der Waals surface area contributed by atoms with Gasteiger partial charge in [0.1, 0.15) is 0 Å². The van der Waals surface area contributed by atoms with Crippen molar-refractivity contribution in [2.75, 3.05) is 0 Å². The summed E-state index contributed by atoms with van der Waals surface area (Å²) in [5.74, 6) is 0.482. The van der Waals surface area contributed by atoms with Crippen LogP contribution in [0.1, 0.15) is 45.7 Å². The molecule has 0 radical (unpaired) electrons. The van der Waals surface area contributed by atoms with Crippen molar-refractivity contribution in [3.8, 4) is 0 Å². The summed E-state index contributed by atoms with van der Waals surface area (Å²) in [4.78, 5) is 10.5. The minimum Gasteiger partial charge on any atom is -0.308 e. The molecule has 0 aliphatic rings. The lowest BCUT2D eigenvalue weighted by Gasteiger charge is -2.22. The van der Waals surface area contributed by atoms with Gasteiger partial charge in [0.15, 0.2) is 0 Å². The largest absolute Gasteiger partial charge is 0.308 e. The van der Waals surface area contributed by atoms with Crippen LogP contribution in [0.5, 0.6) is 0 Å². The molecule has 1 N–H and O–H groups in total. The molecule has 0 saturated heterocycles. The molecule has 0 bridgehead atoms. The molecule has 0 saturated carbocycles. The van der Waals surface area contributed by atoms with Crippen molar-refractivity contribution in [3.63, 3.8) is 0 Å². The van der Waals surface area contributed by atoms with Gasteiger partial charge in [-0.2, -0.15) is 0 Å². The Morgan fingerprint density at radius 3 is 2.37 bits per heavy atom. The summed E-state index contributed by atoms with van der Waals surface area (Å²) in [6.07, 6.45) is 0.864. The fraction of sp³-hybridized carbons (Fsp3) is 0.600. The van der Waals surface area contributed by atoms with Crippen molar-refractivity contribution < 1.29 is 4.92 Å². The summed E-state index contributed by atoms with van der Waals surface area (Å²) in [5.41, 5.74) is 2.43. The smallest absolute Gasteiger partial charge is 0.269 e. The summed E-state index contributed by atoms with van der Waals surface area (Å²) >= 11 is 0. The maximum absolute atomic E-state index is 10.9. The Kier molecular flexibility index (Phi) is 5.06. The minimum atomic E-state index is -0.329. The van der Waals surface area contributed by atoms with Crippen LogP contribution < -0.4 is 5.32 Å². The van der Waals surface area contributed by atoms with Crippen LogP contribution in [0.4, 0.5) is 5.69 Å². The van der Waals surface area contributed by atoms with E-state index in [1.165, 1.54) is 0 Å². The number of hydrogen-bond acceptors (Lipinski definition) is 3. The molecule has 0 aromatic heterocycles. The van der Waals surface area contributed by atoms with Gasteiger partial charge in [-0.05, 0) is 44.2 Å². The number of non-ortho nitro benzene ring substituents is 1. The molecule has 106 valence electrons. The Morgan fingerprint density at radius 2 is 1.89 bits per heavy atom. The maximum atomic E-state index is 10.9. The summed E-state index contributed by atoms with van der Waals surface area (Å²) < 4.78 is 0. The van der Waals surface area contributed by atoms with Gasteiger partial charge in [-0.25, -0.2) is 0 Å². The van der Waals surface area contributed by atoms with Crippen LogP contribution >= 0.6 is 0 Å². The van der Waals surface area contributed by atoms with Crippen LogP contribution in [0, 0.1) is 16.0 Å². The van der Waals surface area contributed by atoms with Crippen LogP contribution in [0.25, 0.3) is 0 Å². The number of benzene rings is 1. The number of hydrogen-bond donors (Lipinski definition) is 1. The van der Waals surface area contributed by atoms with Crippen LogP contribution in [0.15, 0.2) is 18.2 Å². The van der Waals surface area contributed by atoms with Crippen LogP contribution in [0.2, 0.25) is 0 Å². The van der Waals surface area contributed by atoms with Crippen LogP contribution in [0.3, 0.4) is 0 Å². The lowest BCUT2D eigenvalue weighted by atomic mass is 9.96. The Balaban J connectivity index is 2.98. The van der Waals surface area contributed by atoms with E-state index in [4.69, 9.17) is 0 Å². The van der Waals surface area contributed by atoms with Gasteiger partial charge in [0, 0.05) is 24.2 Å². The Morgan fingerprint density at radius 1 is 1.26 bits per heavy atom. The van der Waals surface area contributed by atoms with Gasteiger partial charge in [0.25, 0.3) is 5.69 Å². The topological polar surface area (TPSA) is 55.2 Å². The highest BCUT2D eigenvalue weighted by Gasteiger charge is 2.14. The first kappa shape index (κ1) is 15.6. The lowest BCUT2D eigenvalue weighted by Crippen LogP contribution is -2.35. The molecule has 4 nitrogen and oxygen atoms in total. The Hall–Kier alpha value is -1.42. The quantitative estimate of drug-likeness (QED) is 0.652. The van der Waals surface area contributed by atoms with E-state index < -0.39 is 0 Å². The van der Waals surface area contributed by atoms with Crippen molar-refractivity contribution in [1.29, 1.82) is 0 Å². The molecular weight excluding hydrogens is 240 g/mol. The second kappa shape index (κ2) is 6.15. The lowest BCUT2D eigenvalue weighted by molar-refractivity contribution is -0.384. The standard InChI is InChI=1S/C15H24N2O2/c1-11(2)8-13-9-14(17(18)19)7-6-12(13)10-16-15(3,4)5/h6-7,9,11,16H,8,10H2,1-5H3. The normalized spacial score (nSPS) is 11.9. The number of rotatable bonds is 5. The molecule has 0 amide bonds. The molecule has 0 unspecified atom stereocenters. The van der Waals surface area contributed by atoms with Crippen molar-refractivity contribution in [1.82, 2.24) is 5.32 Å². The molecule has 1 rings (SSSR count). The van der Waals surface area contributed by atoms with Gasteiger partial charge < -0.3 is 5.32 Å². The van der Waals surface area contributed by atoms with Crippen molar-refractivity contribution in [2.45, 2.75) is 53.1 Å². The zero-order valence-corrected chi connectivity index (χ0v) is 12.5. The summed E-state index contributed by atoms with van der Waals surface area (Å²) in [7, 11) is 0. The monoisotopic (exact) mass is 264 g/mol. The maximum Gasteiger partial charge on any atom is 0.269 e. The number of nitro benzene ring substituents is 1. The third kappa shape index (κ3) is 5.39. The number of nitro groups is 1. The number of nitrogens with zero attached hydrogens (tertiary/aromatic N) is 1. The molecular formula is C15H24N2O2. The van der Waals surface area contributed by atoms with Gasteiger partial charge in [-0.1, -0.05) is 19.9 Å². The van der Waals surface area contributed by atoms with E-state index in [0.29, 0.717) is 5.92 Å². The van der Waals surface area contributed by atoms with Gasteiger partial charge >= 0.3 is 0 Å². The predicted molar refractivity (Wildman–Crippen MR) is 78.2 cm³/mol. The van der Waals surface area contributed by atoms with Gasteiger partial charge in [-0.3, -0.25) is 10.1 Å². The molecule has 0 spiro atoms. The zero-order chi connectivity index (χ0) is 14.6. The fourth-order valence-corrected chi connectivity index (χ4v) is 1.89. The van der Waals surface area contributed by atoms with Gasteiger partial charge in [-0.15, -0.1) is 0 Å². The van der Waals surface area contributed by atoms with E-state index in [0.717, 1.165) is 24.1 Å². The molecule has 0 aliphatic heterocycles. The molecule has 0 atom stereocenters. The average molecular weight is 264 g/mol. The molecule has 0 heterocycles. The Bertz CT molecular complexity index is 448. The van der Waals surface area contributed by atoms with Crippen molar-refractivity contribution in [2.24, 2.45) is 5.92 Å². The molecule has 1 aromatic rings. The van der Waals surface area contributed by atoms with Gasteiger partial charge in [0.05, 0.1) is 4.92 Å². The first-order valence-corrected chi connectivity index (χ1v) is 6.70. The van der Waals surface area contributed by atoms with E-state index in [9.17, 15) is 10.1 Å². The van der Waals surface area contributed by atoms with E-state index >= 15 is 0 Å². The highest BCUT2D eigenvalue weighted by Crippen LogP contribution is 2.21. The fourth-order valence-electron chi connectivity index (χ4n) is 1.89. The summed E-state index contributed by atoms with van der Waals surface area (Å²) in [6, 6.07) is 5.16. The second-order valence-corrected chi connectivity index (χ2v) is 6.41. The summed E-state index contributed by atoms with van der Waals surface area (Å²) in [6.45, 7) is 11.3. The molecule has 19 heavy (non-hydrogen) atoms. The molecule has 4 heteroatoms. The van der Waals surface area contributed by atoms with Gasteiger partial charge in [0.2, 0.25) is 0 Å². The Labute approximate surface area is 115 Å². The molecule has 0 fully saturated rings. The highest BCUT2D eigenvalue weighted by molar-refractivity contribution is 5.40. The second-order valence-electron chi connectivity index (χ2n) is 6.41. The van der Waals surface area contributed by atoms with E-state index in [2.05, 4.69) is 39.9 Å². The SMILES string of the molecule is CC(C)Cc1cc([N+](=O)[O-])ccc1CNC(C)(C)C. The minimum absolute atomic E-state index is 0.0386. The number of nitrogens with one attached hydrogen (secondary N) is 1. The van der Waals surface area contributed by atoms with E-state index in [1.807, 2.05) is 6.07 Å². The van der Waals surface area contributed by atoms with Crippen LogP contribution in [-0.4, -0.2) is 10.5 Å². The van der Waals surface area contributed by atoms with Crippen molar-refractivity contribution in [3.05, 3.63) is 39.4 Å². The van der Waals surface area contributed by atoms with E-state index in [1.54, 1.807) is 12.1 Å². The summed E-state index contributed by atoms with van der Waals surface area (Å²) in [5, 5.41) is 14.3. The third-order valence-corrected chi connectivity index (χ3v) is 2.84. The predicted octanol–water partition coefficient (Wildman–Crippen LogP) is 3.68. The van der Waals surface area contributed by atoms with Crippen molar-refractivity contribution >= 4 is 5.69 Å². The van der Waals surface area contributed by atoms with Crippen LogP contribution in [-0.2, 0) is 13.0 Å². The molecule has 1 aromatic carbocycles. The van der Waals surface area contributed by atoms with E-state index in [-0.39, 0.29) is 16.1 Å². The first-order valence-electron chi connectivity index (χ1n) is 6.70. The average Bonchev–Trinajstić information content (AvgIpc) is 2.25. The third-order valence-electron chi connectivity index (χ3n) is 2.84. The molecule has 0 aliphatic carbocycles. The first-order chi connectivity index (χ1) is 8.69.